The lowest BCUT2D eigenvalue weighted by molar-refractivity contribution is 0.337. The van der Waals surface area contributed by atoms with E-state index in [-0.39, 0.29) is 11.4 Å². The molecular weight excluding hydrogens is 320 g/mol. The summed E-state index contributed by atoms with van der Waals surface area (Å²) in [6.07, 6.45) is 1.74. The third-order valence-corrected chi connectivity index (χ3v) is 5.60. The van der Waals surface area contributed by atoms with E-state index in [0.717, 1.165) is 21.2 Å². The van der Waals surface area contributed by atoms with Gasteiger partial charge in [0.1, 0.15) is 10.8 Å². The lowest BCUT2D eigenvalue weighted by Crippen LogP contribution is -2.24. The van der Waals surface area contributed by atoms with E-state index in [1.54, 1.807) is 25.3 Å². The fourth-order valence-electron chi connectivity index (χ4n) is 2.08. The third kappa shape index (κ3) is 3.85. The van der Waals surface area contributed by atoms with Crippen molar-refractivity contribution in [1.29, 1.82) is 0 Å². The molecule has 1 heterocycles. The van der Waals surface area contributed by atoms with Crippen molar-refractivity contribution in [3.8, 4) is 5.75 Å². The molecule has 0 fully saturated rings. The summed E-state index contributed by atoms with van der Waals surface area (Å²) >= 11 is 1.48. The molecule has 0 radical (unpaired) electrons. The molecule has 0 saturated heterocycles. The molecule has 0 amide bonds. The number of aromatic nitrogens is 1. The molecule has 0 aliphatic heterocycles. The van der Waals surface area contributed by atoms with Gasteiger partial charge in [-0.25, -0.2) is 18.1 Å². The van der Waals surface area contributed by atoms with Crippen molar-refractivity contribution in [2.75, 3.05) is 6.61 Å². The minimum atomic E-state index is -3.57. The fraction of sp³-hybridized carbons (Fsp3) is 0.400. The van der Waals surface area contributed by atoms with Crippen LogP contribution >= 0.6 is 11.3 Å². The van der Waals surface area contributed by atoms with E-state index in [1.807, 2.05) is 20.8 Å². The first-order valence-corrected chi connectivity index (χ1v) is 9.28. The van der Waals surface area contributed by atoms with E-state index in [2.05, 4.69) is 9.71 Å². The highest BCUT2D eigenvalue weighted by molar-refractivity contribution is 7.89. The topological polar surface area (TPSA) is 68.3 Å². The first-order chi connectivity index (χ1) is 10.3. The van der Waals surface area contributed by atoms with E-state index in [9.17, 15) is 8.42 Å². The van der Waals surface area contributed by atoms with Gasteiger partial charge in [0.2, 0.25) is 10.0 Å². The van der Waals surface area contributed by atoms with Crippen LogP contribution < -0.4 is 9.46 Å². The van der Waals surface area contributed by atoms with E-state index in [0.29, 0.717) is 12.2 Å². The highest BCUT2D eigenvalue weighted by atomic mass is 32.2. The van der Waals surface area contributed by atoms with E-state index < -0.39 is 10.0 Å². The zero-order valence-electron chi connectivity index (χ0n) is 13.1. The van der Waals surface area contributed by atoms with Crippen LogP contribution in [0.25, 0.3) is 0 Å². The Morgan fingerprint density at radius 2 is 1.95 bits per heavy atom. The number of thiazole rings is 1. The Morgan fingerprint density at radius 3 is 2.55 bits per heavy atom. The number of hydrogen-bond acceptors (Lipinski definition) is 5. The van der Waals surface area contributed by atoms with Crippen molar-refractivity contribution in [2.45, 2.75) is 39.1 Å². The van der Waals surface area contributed by atoms with Gasteiger partial charge in [-0.2, -0.15) is 0 Å². The van der Waals surface area contributed by atoms with Crippen LogP contribution in [0, 0.1) is 20.8 Å². The van der Waals surface area contributed by atoms with Crippen LogP contribution in [0.5, 0.6) is 5.75 Å². The average molecular weight is 340 g/mol. The number of hydrogen-bond donors (Lipinski definition) is 1. The maximum Gasteiger partial charge on any atom is 0.241 e. The molecule has 0 spiro atoms. The average Bonchev–Trinajstić information content (AvgIpc) is 2.86. The van der Waals surface area contributed by atoms with Gasteiger partial charge in [0.05, 0.1) is 18.0 Å². The zero-order valence-corrected chi connectivity index (χ0v) is 14.8. The van der Waals surface area contributed by atoms with Gasteiger partial charge in [-0.05, 0) is 51.0 Å². The molecule has 0 saturated carbocycles. The van der Waals surface area contributed by atoms with Crippen LogP contribution in [0.4, 0.5) is 0 Å². The molecule has 0 aliphatic carbocycles. The van der Waals surface area contributed by atoms with Crippen molar-refractivity contribution in [3.63, 3.8) is 0 Å². The fourth-order valence-corrected chi connectivity index (χ4v) is 4.20. The van der Waals surface area contributed by atoms with Crippen LogP contribution in [0.1, 0.15) is 27.9 Å². The summed E-state index contributed by atoms with van der Waals surface area (Å²) in [4.78, 5) is 5.50. The van der Waals surface area contributed by atoms with E-state index >= 15 is 0 Å². The Kier molecular flexibility index (Phi) is 5.20. The van der Waals surface area contributed by atoms with Gasteiger partial charge in [-0.15, -0.1) is 11.3 Å². The first-order valence-electron chi connectivity index (χ1n) is 6.98. The maximum absolute atomic E-state index is 12.5. The Labute approximate surface area is 135 Å². The summed E-state index contributed by atoms with van der Waals surface area (Å²) in [5.74, 6) is 0.717. The normalized spacial score (nSPS) is 11.6. The molecule has 7 heteroatoms. The number of ether oxygens (including phenoxy) is 1. The van der Waals surface area contributed by atoms with Gasteiger partial charge in [0.15, 0.2) is 0 Å². The second-order valence-corrected chi connectivity index (χ2v) is 8.06. The van der Waals surface area contributed by atoms with Crippen LogP contribution in [0.3, 0.4) is 0 Å². The van der Waals surface area contributed by atoms with E-state index in [1.165, 1.54) is 11.3 Å². The molecular formula is C15H20N2O3S2. The molecule has 2 aromatic rings. The molecule has 2 rings (SSSR count). The van der Waals surface area contributed by atoms with E-state index in [4.69, 9.17) is 4.74 Å². The smallest absolute Gasteiger partial charge is 0.241 e. The second-order valence-electron chi connectivity index (χ2n) is 5.01. The SMILES string of the molecule is CCOc1cc(C)c(S(=O)(=O)NCc2ncc(C)s2)cc1C. The highest BCUT2D eigenvalue weighted by Gasteiger charge is 2.19. The summed E-state index contributed by atoms with van der Waals surface area (Å²) in [5.41, 5.74) is 1.47. The molecule has 1 aromatic heterocycles. The Bertz CT molecular complexity index is 767. The number of rotatable bonds is 6. The largest absolute Gasteiger partial charge is 0.494 e. The lowest BCUT2D eigenvalue weighted by atomic mass is 10.1. The lowest BCUT2D eigenvalue weighted by Gasteiger charge is -2.13. The number of sulfonamides is 1. The Hall–Kier alpha value is -1.44. The third-order valence-electron chi connectivity index (χ3n) is 3.14. The quantitative estimate of drug-likeness (QED) is 0.878. The number of nitrogens with zero attached hydrogens (tertiary/aromatic N) is 1. The number of benzene rings is 1. The summed E-state index contributed by atoms with van der Waals surface area (Å²) in [6.45, 7) is 8.20. The van der Waals surface area contributed by atoms with Crippen molar-refractivity contribution in [1.82, 2.24) is 9.71 Å². The Balaban J connectivity index is 2.23. The van der Waals surface area contributed by atoms with Gasteiger partial charge in [-0.1, -0.05) is 0 Å². The van der Waals surface area contributed by atoms with Crippen molar-refractivity contribution >= 4 is 21.4 Å². The molecule has 1 N–H and O–H groups in total. The summed E-state index contributed by atoms with van der Waals surface area (Å²) in [7, 11) is -3.57. The summed E-state index contributed by atoms with van der Waals surface area (Å²) < 4.78 is 33.1. The maximum atomic E-state index is 12.5. The molecule has 0 bridgehead atoms. The number of nitrogens with one attached hydrogen (secondary N) is 1. The van der Waals surface area contributed by atoms with Gasteiger partial charge < -0.3 is 4.74 Å². The predicted molar refractivity (Wildman–Crippen MR) is 88.0 cm³/mol. The van der Waals surface area contributed by atoms with Gasteiger partial charge in [-0.3, -0.25) is 0 Å². The minimum Gasteiger partial charge on any atom is -0.494 e. The highest BCUT2D eigenvalue weighted by Crippen LogP contribution is 2.26. The van der Waals surface area contributed by atoms with Gasteiger partial charge in [0, 0.05) is 11.1 Å². The first kappa shape index (κ1) is 16.9. The predicted octanol–water partition coefficient (Wildman–Crippen LogP) is 2.95. The van der Waals surface area contributed by atoms with Crippen molar-refractivity contribution in [2.24, 2.45) is 0 Å². The van der Waals surface area contributed by atoms with Gasteiger partial charge >= 0.3 is 0 Å². The van der Waals surface area contributed by atoms with Crippen molar-refractivity contribution in [3.05, 3.63) is 39.3 Å². The molecule has 1 aromatic carbocycles. The zero-order chi connectivity index (χ0) is 16.3. The van der Waals surface area contributed by atoms with Crippen LogP contribution in [0.2, 0.25) is 0 Å². The molecule has 0 aliphatic rings. The summed E-state index contributed by atoms with van der Waals surface area (Å²) in [6, 6.07) is 3.41. The molecule has 5 nitrogen and oxygen atoms in total. The molecule has 0 atom stereocenters. The van der Waals surface area contributed by atoms with Gasteiger partial charge in [0.25, 0.3) is 0 Å². The van der Waals surface area contributed by atoms with Crippen LogP contribution in [0.15, 0.2) is 23.2 Å². The minimum absolute atomic E-state index is 0.201. The monoisotopic (exact) mass is 340 g/mol. The van der Waals surface area contributed by atoms with Crippen molar-refractivity contribution < 1.29 is 13.2 Å². The van der Waals surface area contributed by atoms with Crippen LogP contribution in [-0.2, 0) is 16.6 Å². The summed E-state index contributed by atoms with van der Waals surface area (Å²) in [5, 5.41) is 0.751. The standard InChI is InChI=1S/C15H20N2O3S2/c1-5-20-13-6-11(3)14(7-10(13)2)22(18,19)17-9-15-16-8-12(4)21-15/h6-8,17H,5,9H2,1-4H3. The number of aryl methyl sites for hydroxylation is 3. The second kappa shape index (κ2) is 6.76. The van der Waals surface area contributed by atoms with Crippen LogP contribution in [-0.4, -0.2) is 20.0 Å². The molecule has 22 heavy (non-hydrogen) atoms. The molecule has 0 unspecified atom stereocenters. The molecule has 120 valence electrons. The Morgan fingerprint density at radius 1 is 1.23 bits per heavy atom.